The number of rotatable bonds is 6. The van der Waals surface area contributed by atoms with Gasteiger partial charge in [-0.05, 0) is 18.1 Å². The molecule has 1 amide bonds. The van der Waals surface area contributed by atoms with Gasteiger partial charge >= 0.3 is 0 Å². The van der Waals surface area contributed by atoms with Crippen molar-refractivity contribution in [1.29, 1.82) is 0 Å². The Morgan fingerprint density at radius 2 is 2.00 bits per heavy atom. The molecule has 0 saturated heterocycles. The van der Waals surface area contributed by atoms with Crippen LogP contribution in [0.2, 0.25) is 0 Å². The number of halogens is 1. The van der Waals surface area contributed by atoms with Crippen LogP contribution in [0, 0.1) is 5.92 Å². The molecule has 21 heavy (non-hydrogen) atoms. The summed E-state index contributed by atoms with van der Waals surface area (Å²) in [6.45, 7) is 6.27. The number of amides is 1. The fourth-order valence-corrected chi connectivity index (χ4v) is 1.48. The third-order valence-electron chi connectivity index (χ3n) is 2.53. The number of carbonyl (C=O) groups excluding carboxylic acids is 1. The summed E-state index contributed by atoms with van der Waals surface area (Å²) in [6, 6.07) is 3.48. The van der Waals surface area contributed by atoms with Crippen LogP contribution >= 0.6 is 24.0 Å². The number of nitrogens with one attached hydrogen (secondary N) is 3. The quantitative estimate of drug-likeness (QED) is 0.288. The molecule has 1 aromatic heterocycles. The van der Waals surface area contributed by atoms with Crippen molar-refractivity contribution in [1.82, 2.24) is 20.9 Å². The monoisotopic (exact) mass is 405 g/mol. The van der Waals surface area contributed by atoms with Crippen molar-refractivity contribution in [3.05, 3.63) is 30.1 Å². The number of carbonyl (C=O) groups is 1. The van der Waals surface area contributed by atoms with E-state index in [2.05, 4.69) is 39.8 Å². The first kappa shape index (κ1) is 19.6. The lowest BCUT2D eigenvalue weighted by Gasteiger charge is -2.13. The molecular weight excluding hydrogens is 381 g/mol. The number of guanidine groups is 1. The summed E-state index contributed by atoms with van der Waals surface area (Å²) >= 11 is 0. The fraction of sp³-hybridized carbons (Fsp3) is 0.500. The summed E-state index contributed by atoms with van der Waals surface area (Å²) in [5.74, 6) is 1.18. The Hall–Kier alpha value is -1.38. The first-order chi connectivity index (χ1) is 9.63. The van der Waals surface area contributed by atoms with Crippen LogP contribution in [0.5, 0.6) is 0 Å². The average Bonchev–Trinajstić information content (AvgIpc) is 2.47. The normalized spacial score (nSPS) is 10.8. The molecule has 118 valence electrons. The highest BCUT2D eigenvalue weighted by Crippen LogP contribution is 1.94. The summed E-state index contributed by atoms with van der Waals surface area (Å²) < 4.78 is 0. The third-order valence-corrected chi connectivity index (χ3v) is 2.53. The molecule has 0 aliphatic carbocycles. The Balaban J connectivity index is 0.00000400. The molecule has 1 rings (SSSR count). The van der Waals surface area contributed by atoms with Crippen molar-refractivity contribution in [2.24, 2.45) is 10.9 Å². The van der Waals surface area contributed by atoms with Crippen molar-refractivity contribution in [2.45, 2.75) is 13.8 Å². The molecule has 1 aromatic rings. The minimum absolute atomic E-state index is 0. The molecule has 0 aliphatic rings. The van der Waals surface area contributed by atoms with E-state index in [9.17, 15) is 4.79 Å². The fourth-order valence-electron chi connectivity index (χ4n) is 1.48. The number of hydrogen-bond donors (Lipinski definition) is 3. The summed E-state index contributed by atoms with van der Waals surface area (Å²) in [7, 11) is 1.73. The van der Waals surface area contributed by atoms with Crippen molar-refractivity contribution < 1.29 is 4.79 Å². The molecule has 1 heterocycles. The maximum atomic E-state index is 11.7. The number of aliphatic imine (C=N–C) groups is 1. The van der Waals surface area contributed by atoms with E-state index >= 15 is 0 Å². The van der Waals surface area contributed by atoms with Gasteiger partial charge in [0.25, 0.3) is 5.91 Å². The summed E-state index contributed by atoms with van der Waals surface area (Å²) in [4.78, 5) is 19.8. The van der Waals surface area contributed by atoms with E-state index in [-0.39, 0.29) is 29.9 Å². The Morgan fingerprint density at radius 3 is 2.57 bits per heavy atom. The summed E-state index contributed by atoms with van der Waals surface area (Å²) in [6.07, 6.45) is 3.19. The van der Waals surface area contributed by atoms with E-state index in [0.29, 0.717) is 24.6 Å². The second-order valence-electron chi connectivity index (χ2n) is 4.77. The van der Waals surface area contributed by atoms with Crippen LogP contribution in [0.3, 0.4) is 0 Å². The van der Waals surface area contributed by atoms with Crippen LogP contribution in [0.15, 0.2) is 29.5 Å². The molecule has 0 bridgehead atoms. The van der Waals surface area contributed by atoms with Crippen LogP contribution in [0.4, 0.5) is 0 Å². The SMILES string of the molecule is CN=C(NCCNC(=O)c1cccnc1)NCC(C)C.I. The van der Waals surface area contributed by atoms with Gasteiger partial charge in [-0.25, -0.2) is 0 Å². The second-order valence-corrected chi connectivity index (χ2v) is 4.77. The molecule has 0 atom stereocenters. The Labute approximate surface area is 143 Å². The zero-order chi connectivity index (χ0) is 14.8. The number of aromatic nitrogens is 1. The van der Waals surface area contributed by atoms with Gasteiger partial charge < -0.3 is 16.0 Å². The zero-order valence-corrected chi connectivity index (χ0v) is 15.0. The maximum Gasteiger partial charge on any atom is 0.252 e. The number of pyridine rings is 1. The van der Waals surface area contributed by atoms with Crippen molar-refractivity contribution in [3.63, 3.8) is 0 Å². The van der Waals surface area contributed by atoms with Crippen molar-refractivity contribution >= 4 is 35.8 Å². The summed E-state index contributed by atoms with van der Waals surface area (Å²) in [5, 5.41) is 9.16. The molecule has 6 nitrogen and oxygen atoms in total. The van der Waals surface area contributed by atoms with Crippen molar-refractivity contribution in [2.75, 3.05) is 26.7 Å². The van der Waals surface area contributed by atoms with Crippen LogP contribution in [0.25, 0.3) is 0 Å². The first-order valence-electron chi connectivity index (χ1n) is 6.76. The van der Waals surface area contributed by atoms with Gasteiger partial charge in [-0.3, -0.25) is 14.8 Å². The molecule has 0 unspecified atom stereocenters. The van der Waals surface area contributed by atoms with Crippen molar-refractivity contribution in [3.8, 4) is 0 Å². The Morgan fingerprint density at radius 1 is 1.29 bits per heavy atom. The third kappa shape index (κ3) is 8.49. The van der Waals surface area contributed by atoms with E-state index in [1.807, 2.05) is 0 Å². The molecule has 0 saturated carbocycles. The van der Waals surface area contributed by atoms with Gasteiger partial charge in [0.15, 0.2) is 5.96 Å². The maximum absolute atomic E-state index is 11.7. The predicted octanol–water partition coefficient (Wildman–Crippen LogP) is 1.25. The molecule has 0 spiro atoms. The van der Waals surface area contributed by atoms with E-state index in [1.165, 1.54) is 0 Å². The average molecular weight is 405 g/mol. The minimum atomic E-state index is -0.120. The lowest BCUT2D eigenvalue weighted by molar-refractivity contribution is 0.0954. The molecular formula is C14H24IN5O. The van der Waals surface area contributed by atoms with Gasteiger partial charge in [-0.15, -0.1) is 24.0 Å². The van der Waals surface area contributed by atoms with Gasteiger partial charge in [0, 0.05) is 39.1 Å². The van der Waals surface area contributed by atoms with Crippen LogP contribution in [-0.2, 0) is 0 Å². The van der Waals surface area contributed by atoms with Gasteiger partial charge in [-0.2, -0.15) is 0 Å². The highest BCUT2D eigenvalue weighted by molar-refractivity contribution is 14.0. The molecule has 0 fully saturated rings. The smallest absolute Gasteiger partial charge is 0.252 e. The topological polar surface area (TPSA) is 78.4 Å². The van der Waals surface area contributed by atoms with Crippen LogP contribution in [0.1, 0.15) is 24.2 Å². The first-order valence-corrected chi connectivity index (χ1v) is 6.76. The van der Waals surface area contributed by atoms with Gasteiger partial charge in [0.05, 0.1) is 5.56 Å². The molecule has 0 radical (unpaired) electrons. The Bertz CT molecular complexity index is 436. The van der Waals surface area contributed by atoms with Gasteiger partial charge in [0.1, 0.15) is 0 Å². The largest absolute Gasteiger partial charge is 0.356 e. The minimum Gasteiger partial charge on any atom is -0.356 e. The molecule has 3 N–H and O–H groups in total. The highest BCUT2D eigenvalue weighted by atomic mass is 127. The van der Waals surface area contributed by atoms with Crippen LogP contribution < -0.4 is 16.0 Å². The molecule has 0 aromatic carbocycles. The zero-order valence-electron chi connectivity index (χ0n) is 12.7. The van der Waals surface area contributed by atoms with Gasteiger partial charge in [0.2, 0.25) is 0 Å². The van der Waals surface area contributed by atoms with Crippen LogP contribution in [-0.4, -0.2) is 43.5 Å². The number of nitrogens with zero attached hydrogens (tertiary/aromatic N) is 2. The number of hydrogen-bond acceptors (Lipinski definition) is 3. The summed E-state index contributed by atoms with van der Waals surface area (Å²) in [5.41, 5.74) is 0.565. The second kappa shape index (κ2) is 11.3. The molecule has 0 aliphatic heterocycles. The highest BCUT2D eigenvalue weighted by Gasteiger charge is 2.04. The van der Waals surface area contributed by atoms with E-state index in [0.717, 1.165) is 12.5 Å². The van der Waals surface area contributed by atoms with E-state index in [1.54, 1.807) is 31.6 Å². The van der Waals surface area contributed by atoms with E-state index < -0.39 is 0 Å². The van der Waals surface area contributed by atoms with Gasteiger partial charge in [-0.1, -0.05) is 13.8 Å². The predicted molar refractivity (Wildman–Crippen MR) is 96.2 cm³/mol. The molecule has 7 heteroatoms. The van der Waals surface area contributed by atoms with E-state index in [4.69, 9.17) is 0 Å². The lowest BCUT2D eigenvalue weighted by Crippen LogP contribution is -2.42. The lowest BCUT2D eigenvalue weighted by atomic mass is 10.2. The standard InChI is InChI=1S/C14H23N5O.HI/c1-11(2)9-19-14(15-3)18-8-7-17-13(20)12-5-4-6-16-10-12;/h4-6,10-11H,7-9H2,1-3H3,(H,17,20)(H2,15,18,19);1H. The Kier molecular flexibility index (Phi) is 10.6.